The smallest absolute Gasteiger partial charge is 0.317 e. The molecule has 3 heterocycles. The van der Waals surface area contributed by atoms with Crippen LogP contribution in [0.15, 0.2) is 42.5 Å². The van der Waals surface area contributed by atoms with Gasteiger partial charge in [0.2, 0.25) is 5.91 Å². The highest BCUT2D eigenvalue weighted by atomic mass is 16.5. The lowest BCUT2D eigenvalue weighted by Crippen LogP contribution is -2.52. The van der Waals surface area contributed by atoms with Crippen LogP contribution in [-0.4, -0.2) is 90.2 Å². The van der Waals surface area contributed by atoms with Gasteiger partial charge in [-0.05, 0) is 38.0 Å². The molecule has 10 nitrogen and oxygen atoms in total. The number of anilines is 1. The van der Waals surface area contributed by atoms with Gasteiger partial charge in [0.25, 0.3) is 0 Å². The van der Waals surface area contributed by atoms with E-state index in [9.17, 15) is 9.90 Å². The molecule has 2 N–H and O–H groups in total. The lowest BCUT2D eigenvalue weighted by Gasteiger charge is -2.32. The van der Waals surface area contributed by atoms with E-state index in [1.165, 1.54) is 0 Å². The Hall–Kier alpha value is -4.20. The van der Waals surface area contributed by atoms with E-state index in [2.05, 4.69) is 27.3 Å². The summed E-state index contributed by atoms with van der Waals surface area (Å²) in [5, 5.41) is 24.8. The minimum Gasteiger partial charge on any atom is -0.508 e. The number of hydrogen-bond donors (Lipinski definition) is 2. The number of phenols is 1. The number of benzene rings is 2. The maximum Gasteiger partial charge on any atom is 0.317 e. The van der Waals surface area contributed by atoms with Gasteiger partial charge in [0, 0.05) is 67.5 Å². The minimum absolute atomic E-state index is 0.0147. The summed E-state index contributed by atoms with van der Waals surface area (Å²) in [6, 6.07) is 14.0. The maximum atomic E-state index is 13.0. The Morgan fingerprint density at radius 3 is 2.95 bits per heavy atom. The molecule has 2 aliphatic rings. The van der Waals surface area contributed by atoms with Crippen LogP contribution in [0.4, 0.5) is 5.69 Å². The van der Waals surface area contributed by atoms with Gasteiger partial charge >= 0.3 is 6.01 Å². The molecule has 10 heteroatoms. The SMILES string of the molecule is CN(C)CCOc1nc(C=CC(=O)N2CCNC(CC#N)C2)c2c(n1)CN(c1cc(O)cc3ccccc13)CC2. The van der Waals surface area contributed by atoms with E-state index in [1.807, 2.05) is 37.2 Å². The fourth-order valence-corrected chi connectivity index (χ4v) is 5.23. The minimum atomic E-state index is -0.101. The van der Waals surface area contributed by atoms with Gasteiger partial charge in [0.15, 0.2) is 0 Å². The number of ether oxygens (including phenoxy) is 1. The summed E-state index contributed by atoms with van der Waals surface area (Å²) in [6.07, 6.45) is 4.38. The Labute approximate surface area is 234 Å². The molecule has 1 unspecified atom stereocenters. The van der Waals surface area contributed by atoms with Crippen molar-refractivity contribution in [3.8, 4) is 17.8 Å². The first-order valence-electron chi connectivity index (χ1n) is 13.6. The van der Waals surface area contributed by atoms with Crippen molar-refractivity contribution in [2.45, 2.75) is 25.4 Å². The van der Waals surface area contributed by atoms with Crippen molar-refractivity contribution in [1.82, 2.24) is 25.1 Å². The van der Waals surface area contributed by atoms with Crippen molar-refractivity contribution in [3.05, 3.63) is 59.4 Å². The van der Waals surface area contributed by atoms with Crippen molar-refractivity contribution in [2.24, 2.45) is 0 Å². The summed E-state index contributed by atoms with van der Waals surface area (Å²) >= 11 is 0. The van der Waals surface area contributed by atoms with Gasteiger partial charge in [-0.25, -0.2) is 0 Å². The van der Waals surface area contributed by atoms with E-state index in [1.54, 1.807) is 29.2 Å². The number of phenolic OH excluding ortho intramolecular Hbond substituents is 1. The van der Waals surface area contributed by atoms with E-state index in [0.717, 1.165) is 34.3 Å². The number of carbonyl (C=O) groups excluding carboxylic acids is 1. The van der Waals surface area contributed by atoms with Gasteiger partial charge in [-0.3, -0.25) is 4.79 Å². The Morgan fingerprint density at radius 2 is 2.12 bits per heavy atom. The average Bonchev–Trinajstić information content (AvgIpc) is 2.95. The molecule has 0 spiro atoms. The highest BCUT2D eigenvalue weighted by molar-refractivity contribution is 5.96. The molecule has 2 aromatic carbocycles. The van der Waals surface area contributed by atoms with Crippen LogP contribution in [0.1, 0.15) is 23.4 Å². The molecular formula is C30H35N7O3. The van der Waals surface area contributed by atoms with Crippen molar-refractivity contribution in [1.29, 1.82) is 5.26 Å². The van der Waals surface area contributed by atoms with Crippen molar-refractivity contribution in [2.75, 3.05) is 58.3 Å². The molecular weight excluding hydrogens is 506 g/mol. The number of aromatic hydroxyl groups is 1. The summed E-state index contributed by atoms with van der Waals surface area (Å²) < 4.78 is 5.93. The zero-order valence-corrected chi connectivity index (χ0v) is 23.0. The lowest BCUT2D eigenvalue weighted by molar-refractivity contribution is -0.127. The van der Waals surface area contributed by atoms with Gasteiger partial charge in [-0.1, -0.05) is 24.3 Å². The van der Waals surface area contributed by atoms with E-state index in [4.69, 9.17) is 15.0 Å². The summed E-state index contributed by atoms with van der Waals surface area (Å²) in [5.74, 6) is 0.123. The summed E-state index contributed by atoms with van der Waals surface area (Å²) in [7, 11) is 3.96. The molecule has 40 heavy (non-hydrogen) atoms. The second kappa shape index (κ2) is 12.3. The molecule has 1 fully saturated rings. The fraction of sp³-hybridized carbons (Fsp3) is 0.400. The zero-order chi connectivity index (χ0) is 28.1. The molecule has 0 aliphatic carbocycles. The Morgan fingerprint density at radius 1 is 1.27 bits per heavy atom. The topological polar surface area (TPSA) is 118 Å². The summed E-state index contributed by atoms with van der Waals surface area (Å²) in [4.78, 5) is 28.5. The second-order valence-electron chi connectivity index (χ2n) is 10.5. The number of hydrogen-bond acceptors (Lipinski definition) is 9. The fourth-order valence-electron chi connectivity index (χ4n) is 5.23. The van der Waals surface area contributed by atoms with Crippen LogP contribution in [0.5, 0.6) is 11.8 Å². The maximum absolute atomic E-state index is 13.0. The number of likely N-dealkylation sites (N-methyl/N-ethyl adjacent to an activating group) is 1. The molecule has 1 atom stereocenters. The number of nitriles is 1. The zero-order valence-electron chi connectivity index (χ0n) is 23.0. The van der Waals surface area contributed by atoms with E-state index in [-0.39, 0.29) is 23.7 Å². The van der Waals surface area contributed by atoms with Gasteiger partial charge in [0.1, 0.15) is 12.4 Å². The summed E-state index contributed by atoms with van der Waals surface area (Å²) in [5.41, 5.74) is 3.47. The van der Waals surface area contributed by atoms with E-state index < -0.39 is 0 Å². The summed E-state index contributed by atoms with van der Waals surface area (Å²) in [6.45, 7) is 4.17. The van der Waals surface area contributed by atoms with Crippen LogP contribution in [-0.2, 0) is 17.8 Å². The number of amides is 1. The molecule has 0 saturated carbocycles. The van der Waals surface area contributed by atoms with Crippen molar-refractivity contribution in [3.63, 3.8) is 0 Å². The van der Waals surface area contributed by atoms with Crippen LogP contribution in [0.3, 0.4) is 0 Å². The quantitative estimate of drug-likeness (QED) is 0.415. The molecule has 1 saturated heterocycles. The predicted octanol–water partition coefficient (Wildman–Crippen LogP) is 2.57. The number of nitrogens with zero attached hydrogens (tertiary/aromatic N) is 6. The number of piperazine rings is 1. The van der Waals surface area contributed by atoms with Crippen LogP contribution in [0.2, 0.25) is 0 Å². The van der Waals surface area contributed by atoms with Crippen LogP contribution < -0.4 is 15.0 Å². The first-order valence-corrected chi connectivity index (χ1v) is 13.6. The molecule has 208 valence electrons. The van der Waals surface area contributed by atoms with Crippen LogP contribution in [0.25, 0.3) is 16.8 Å². The third-order valence-corrected chi connectivity index (χ3v) is 7.30. The Kier molecular flexibility index (Phi) is 8.43. The van der Waals surface area contributed by atoms with Crippen LogP contribution >= 0.6 is 0 Å². The molecule has 0 radical (unpaired) electrons. The van der Waals surface area contributed by atoms with E-state index in [0.29, 0.717) is 57.9 Å². The third kappa shape index (κ3) is 6.33. The molecule has 5 rings (SSSR count). The highest BCUT2D eigenvalue weighted by Gasteiger charge is 2.25. The highest BCUT2D eigenvalue weighted by Crippen LogP contribution is 2.35. The Bertz CT molecular complexity index is 1450. The van der Waals surface area contributed by atoms with Gasteiger partial charge in [-0.2, -0.15) is 15.2 Å². The van der Waals surface area contributed by atoms with E-state index >= 15 is 0 Å². The largest absolute Gasteiger partial charge is 0.508 e. The monoisotopic (exact) mass is 541 g/mol. The standard InChI is InChI=1S/C30H35N7O3/c1-35(2)15-16-40-30-33-26(7-8-29(39)37-14-12-32-22(19-37)9-11-31)25-10-13-36(20-27(25)34-30)28-18-23(38)17-21-5-3-4-6-24(21)28/h3-8,17-18,22,32,38H,9-10,12-16,19-20H2,1-2H3. The molecule has 1 amide bonds. The first kappa shape index (κ1) is 27.4. The normalized spacial score (nSPS) is 17.3. The van der Waals surface area contributed by atoms with Gasteiger partial charge in [0.05, 0.1) is 30.4 Å². The molecule has 2 aliphatic heterocycles. The first-order chi connectivity index (χ1) is 19.4. The van der Waals surface area contributed by atoms with Crippen molar-refractivity contribution >= 4 is 28.4 Å². The molecule has 1 aromatic heterocycles. The number of carbonyl (C=O) groups is 1. The van der Waals surface area contributed by atoms with Crippen LogP contribution in [0, 0.1) is 11.3 Å². The number of fused-ring (bicyclic) bond motifs is 2. The predicted molar refractivity (Wildman–Crippen MR) is 154 cm³/mol. The van der Waals surface area contributed by atoms with Crippen molar-refractivity contribution < 1.29 is 14.6 Å². The number of aromatic nitrogens is 2. The number of nitrogens with one attached hydrogen (secondary N) is 1. The lowest BCUT2D eigenvalue weighted by atomic mass is 10.00. The average molecular weight is 542 g/mol. The van der Waals surface area contributed by atoms with Gasteiger partial charge in [-0.15, -0.1) is 0 Å². The molecule has 3 aromatic rings. The molecule has 0 bridgehead atoms. The van der Waals surface area contributed by atoms with Gasteiger partial charge < -0.3 is 29.9 Å². The second-order valence-corrected chi connectivity index (χ2v) is 10.5. The number of rotatable bonds is 8. The third-order valence-electron chi connectivity index (χ3n) is 7.30. The Balaban J connectivity index is 1.42.